The highest BCUT2D eigenvalue weighted by atomic mass is 32.1. The van der Waals surface area contributed by atoms with Crippen LogP contribution in [0.5, 0.6) is 0 Å². The van der Waals surface area contributed by atoms with Gasteiger partial charge in [0.25, 0.3) is 5.56 Å². The van der Waals surface area contributed by atoms with Gasteiger partial charge in [-0.1, -0.05) is 30.3 Å². The number of benzene rings is 1. The van der Waals surface area contributed by atoms with Gasteiger partial charge in [-0.05, 0) is 31.5 Å². The lowest BCUT2D eigenvalue weighted by Crippen LogP contribution is -2.16. The lowest BCUT2D eigenvalue weighted by Gasteiger charge is -2.02. The quantitative estimate of drug-likeness (QED) is 0.495. The second-order valence-corrected chi connectivity index (χ2v) is 8.19. The van der Waals surface area contributed by atoms with Crippen LogP contribution in [0, 0.1) is 13.8 Å². The zero-order valence-corrected chi connectivity index (χ0v) is 15.4. The topological polar surface area (TPSA) is 47.2 Å². The fourth-order valence-corrected chi connectivity index (χ4v) is 4.52. The summed E-state index contributed by atoms with van der Waals surface area (Å²) in [5, 5.41) is 4.95. The van der Waals surface area contributed by atoms with Crippen molar-refractivity contribution in [3.8, 4) is 11.1 Å². The minimum atomic E-state index is -0.141. The Morgan fingerprint density at radius 2 is 1.88 bits per heavy atom. The highest BCUT2D eigenvalue weighted by Crippen LogP contribution is 2.35. The van der Waals surface area contributed by atoms with E-state index in [1.165, 1.54) is 15.9 Å². The summed E-state index contributed by atoms with van der Waals surface area (Å²) in [6, 6.07) is 14.0. The Labute approximate surface area is 152 Å². The van der Waals surface area contributed by atoms with Crippen molar-refractivity contribution in [3.63, 3.8) is 0 Å². The Kier molecular flexibility index (Phi) is 4.07. The molecule has 0 radical (unpaired) electrons. The number of rotatable bonds is 3. The zero-order chi connectivity index (χ0) is 17.4. The molecule has 3 aromatic heterocycles. The third kappa shape index (κ3) is 2.94. The van der Waals surface area contributed by atoms with Crippen LogP contribution in [-0.2, 0) is 0 Å². The number of hydrogen-bond acceptors (Lipinski definition) is 5. The molecule has 0 atom stereocenters. The van der Waals surface area contributed by atoms with E-state index < -0.39 is 0 Å². The molecule has 4 aromatic rings. The van der Waals surface area contributed by atoms with Gasteiger partial charge in [0, 0.05) is 20.2 Å². The predicted molar refractivity (Wildman–Crippen MR) is 106 cm³/mol. The van der Waals surface area contributed by atoms with Gasteiger partial charge in [0.05, 0.1) is 11.6 Å². The van der Waals surface area contributed by atoms with Crippen LogP contribution in [-0.4, -0.2) is 15.9 Å². The maximum atomic E-state index is 13.0. The van der Waals surface area contributed by atoms with Crippen molar-refractivity contribution < 1.29 is 0 Å². The Balaban J connectivity index is 1.87. The van der Waals surface area contributed by atoms with Gasteiger partial charge in [0.15, 0.2) is 0 Å². The molecule has 0 fully saturated rings. The molecule has 0 amide bonds. The summed E-state index contributed by atoms with van der Waals surface area (Å²) >= 11 is 3.18. The Morgan fingerprint density at radius 1 is 1.08 bits per heavy atom. The molecule has 0 saturated carbocycles. The Bertz CT molecular complexity index is 1140. The fourth-order valence-electron chi connectivity index (χ4n) is 2.77. The van der Waals surface area contributed by atoms with Gasteiger partial charge < -0.3 is 0 Å². The molecular formula is C19H15N3OS2. The molecular weight excluding hydrogens is 350 g/mol. The fraction of sp³-hybridized carbons (Fsp3) is 0.105. The van der Waals surface area contributed by atoms with Crippen molar-refractivity contribution in [2.45, 2.75) is 13.8 Å². The molecule has 0 spiro atoms. The van der Waals surface area contributed by atoms with E-state index in [4.69, 9.17) is 0 Å². The minimum Gasteiger partial charge on any atom is -0.267 e. The first kappa shape index (κ1) is 15.9. The van der Waals surface area contributed by atoms with Gasteiger partial charge >= 0.3 is 0 Å². The SMILES string of the molecule is Cc1ccc(/C=N\n2cnc3sc(C)c(-c4ccccc4)c3c2=O)s1. The third-order valence-electron chi connectivity index (χ3n) is 3.90. The molecule has 0 N–H and O–H groups in total. The van der Waals surface area contributed by atoms with Gasteiger partial charge in [0.2, 0.25) is 0 Å². The second kappa shape index (κ2) is 6.38. The maximum Gasteiger partial charge on any atom is 0.283 e. The molecule has 4 nitrogen and oxygen atoms in total. The first-order valence-electron chi connectivity index (χ1n) is 7.80. The van der Waals surface area contributed by atoms with E-state index in [9.17, 15) is 4.79 Å². The number of hydrogen-bond donors (Lipinski definition) is 0. The molecule has 1 aromatic carbocycles. The van der Waals surface area contributed by atoms with Crippen molar-refractivity contribution in [1.82, 2.24) is 9.66 Å². The first-order valence-corrected chi connectivity index (χ1v) is 9.44. The van der Waals surface area contributed by atoms with Crippen LogP contribution >= 0.6 is 22.7 Å². The molecule has 124 valence electrons. The van der Waals surface area contributed by atoms with Crippen LogP contribution in [0.25, 0.3) is 21.3 Å². The second-order valence-electron chi connectivity index (χ2n) is 5.67. The third-order valence-corrected chi connectivity index (χ3v) is 5.85. The lowest BCUT2D eigenvalue weighted by atomic mass is 10.0. The Hall–Kier alpha value is -2.57. The van der Waals surface area contributed by atoms with Crippen LogP contribution in [0.1, 0.15) is 14.6 Å². The molecule has 25 heavy (non-hydrogen) atoms. The highest BCUT2D eigenvalue weighted by Gasteiger charge is 2.16. The van der Waals surface area contributed by atoms with E-state index in [0.717, 1.165) is 25.7 Å². The smallest absolute Gasteiger partial charge is 0.267 e. The largest absolute Gasteiger partial charge is 0.283 e. The molecule has 0 aliphatic rings. The summed E-state index contributed by atoms with van der Waals surface area (Å²) in [6.45, 7) is 4.07. The van der Waals surface area contributed by atoms with Crippen LogP contribution in [0.15, 0.2) is 58.7 Å². The zero-order valence-electron chi connectivity index (χ0n) is 13.8. The molecule has 3 heterocycles. The molecule has 0 saturated heterocycles. The summed E-state index contributed by atoms with van der Waals surface area (Å²) in [5.41, 5.74) is 1.84. The van der Waals surface area contributed by atoms with E-state index >= 15 is 0 Å². The van der Waals surface area contributed by atoms with Crippen molar-refractivity contribution in [2.75, 3.05) is 0 Å². The van der Waals surface area contributed by atoms with Crippen molar-refractivity contribution >= 4 is 39.1 Å². The van der Waals surface area contributed by atoms with E-state index in [2.05, 4.69) is 10.1 Å². The summed E-state index contributed by atoms with van der Waals surface area (Å²) in [4.78, 5) is 21.5. The van der Waals surface area contributed by atoms with Gasteiger partial charge in [-0.3, -0.25) is 4.79 Å². The van der Waals surface area contributed by atoms with E-state index in [-0.39, 0.29) is 5.56 Å². The van der Waals surface area contributed by atoms with Crippen molar-refractivity contribution in [1.29, 1.82) is 0 Å². The monoisotopic (exact) mass is 365 g/mol. The number of aryl methyl sites for hydroxylation is 2. The lowest BCUT2D eigenvalue weighted by molar-refractivity contribution is 0.819. The number of aromatic nitrogens is 2. The summed E-state index contributed by atoms with van der Waals surface area (Å²) in [6.07, 6.45) is 3.19. The van der Waals surface area contributed by atoms with Crippen molar-refractivity contribution in [3.05, 3.63) is 73.8 Å². The maximum absolute atomic E-state index is 13.0. The molecule has 0 aliphatic heterocycles. The van der Waals surface area contributed by atoms with Gasteiger partial charge in [-0.25, -0.2) is 4.98 Å². The predicted octanol–water partition coefficient (Wildman–Crippen LogP) is 4.69. The Morgan fingerprint density at radius 3 is 2.60 bits per heavy atom. The van der Waals surface area contributed by atoms with E-state index in [1.54, 1.807) is 28.9 Å². The van der Waals surface area contributed by atoms with Crippen LogP contribution < -0.4 is 5.56 Å². The van der Waals surface area contributed by atoms with E-state index in [1.807, 2.05) is 56.3 Å². The molecule has 0 unspecified atom stereocenters. The standard InChI is InChI=1S/C19H15N3OS2/c1-12-8-9-15(24-12)10-21-22-11-20-18-17(19(22)23)16(13(2)25-18)14-6-4-3-5-7-14/h3-11H,1-2H3/b21-10-. The van der Waals surface area contributed by atoms with Crippen molar-refractivity contribution in [2.24, 2.45) is 5.10 Å². The average molecular weight is 365 g/mol. The van der Waals surface area contributed by atoms with Crippen LogP contribution in [0.2, 0.25) is 0 Å². The van der Waals surface area contributed by atoms with Gasteiger partial charge in [-0.2, -0.15) is 9.78 Å². The molecule has 0 bridgehead atoms. The summed E-state index contributed by atoms with van der Waals surface area (Å²) < 4.78 is 1.32. The summed E-state index contributed by atoms with van der Waals surface area (Å²) in [5.74, 6) is 0. The number of fused-ring (bicyclic) bond motifs is 1. The van der Waals surface area contributed by atoms with Crippen LogP contribution in [0.3, 0.4) is 0 Å². The summed E-state index contributed by atoms with van der Waals surface area (Å²) in [7, 11) is 0. The van der Waals surface area contributed by atoms with Gasteiger partial charge in [-0.15, -0.1) is 22.7 Å². The number of nitrogens with zero attached hydrogens (tertiary/aromatic N) is 3. The normalized spacial score (nSPS) is 11.6. The average Bonchev–Trinajstić information content (AvgIpc) is 3.18. The van der Waals surface area contributed by atoms with E-state index in [0.29, 0.717) is 5.39 Å². The first-order chi connectivity index (χ1) is 12.1. The van der Waals surface area contributed by atoms with Gasteiger partial charge in [0.1, 0.15) is 11.2 Å². The number of thiophene rings is 2. The molecule has 4 rings (SSSR count). The molecule has 0 aliphatic carbocycles. The highest BCUT2D eigenvalue weighted by molar-refractivity contribution is 7.19. The minimum absolute atomic E-state index is 0.141. The van der Waals surface area contributed by atoms with Crippen LogP contribution in [0.4, 0.5) is 0 Å². The molecule has 6 heteroatoms.